The van der Waals surface area contributed by atoms with Crippen molar-refractivity contribution in [1.82, 2.24) is 30.5 Å². The number of hydrogen-bond donors (Lipinski definition) is 2. The van der Waals surface area contributed by atoms with E-state index in [0.717, 1.165) is 20.7 Å². The fourth-order valence-corrected chi connectivity index (χ4v) is 4.00. The predicted octanol–water partition coefficient (Wildman–Crippen LogP) is 3.61. The van der Waals surface area contributed by atoms with Gasteiger partial charge in [0, 0.05) is 16.6 Å². The fraction of sp³-hybridized carbons (Fsp3) is 0.238. The molecule has 0 spiro atoms. The first kappa shape index (κ1) is 21.8. The van der Waals surface area contributed by atoms with Crippen LogP contribution in [-0.2, 0) is 0 Å². The summed E-state index contributed by atoms with van der Waals surface area (Å²) in [4.78, 5) is 5.23. The number of nitrogens with zero attached hydrogens (tertiary/aromatic N) is 5. The number of aryl methyl sites for hydroxylation is 1. The Bertz CT molecular complexity index is 1240. The minimum atomic E-state index is -1.12. The molecular formula is C21H21F2N7OS. The molecule has 3 heterocycles. The molecule has 32 heavy (non-hydrogen) atoms. The number of nitrogen functional groups attached to an aromatic ring is 1. The van der Waals surface area contributed by atoms with Gasteiger partial charge in [0.2, 0.25) is 5.82 Å². The summed E-state index contributed by atoms with van der Waals surface area (Å²) in [6, 6.07) is 6.52. The highest BCUT2D eigenvalue weighted by Crippen LogP contribution is 2.33. The van der Waals surface area contributed by atoms with E-state index in [0.29, 0.717) is 18.5 Å². The maximum atomic E-state index is 14.9. The lowest BCUT2D eigenvalue weighted by molar-refractivity contribution is 0.289. The molecule has 0 bridgehead atoms. The Balaban J connectivity index is 1.70. The number of benzene rings is 1. The van der Waals surface area contributed by atoms with E-state index in [1.165, 1.54) is 12.1 Å². The van der Waals surface area contributed by atoms with Gasteiger partial charge < -0.3 is 15.8 Å². The van der Waals surface area contributed by atoms with E-state index in [2.05, 4.69) is 25.8 Å². The van der Waals surface area contributed by atoms with Crippen molar-refractivity contribution in [3.63, 3.8) is 0 Å². The molecule has 8 nitrogen and oxygen atoms in total. The summed E-state index contributed by atoms with van der Waals surface area (Å²) in [5.41, 5.74) is 8.26. The molecule has 166 valence electrons. The van der Waals surface area contributed by atoms with Crippen LogP contribution in [-0.4, -0.2) is 45.4 Å². The van der Waals surface area contributed by atoms with E-state index >= 15 is 0 Å². The summed E-state index contributed by atoms with van der Waals surface area (Å²) in [5, 5.41) is 16.5. The molecule has 0 amide bonds. The van der Waals surface area contributed by atoms with Gasteiger partial charge in [0.1, 0.15) is 11.5 Å². The van der Waals surface area contributed by atoms with Crippen LogP contribution in [0.1, 0.15) is 12.0 Å². The molecule has 11 heteroatoms. The monoisotopic (exact) mass is 457 g/mol. The van der Waals surface area contributed by atoms with Crippen molar-refractivity contribution >= 4 is 17.2 Å². The average Bonchev–Trinajstić information content (AvgIpc) is 3.44. The largest absolute Gasteiger partial charge is 0.490 e. The van der Waals surface area contributed by atoms with Crippen LogP contribution < -0.4 is 15.8 Å². The van der Waals surface area contributed by atoms with Crippen LogP contribution in [0.25, 0.3) is 27.5 Å². The molecule has 0 radical (unpaired) electrons. The van der Waals surface area contributed by atoms with Crippen molar-refractivity contribution in [1.29, 1.82) is 0 Å². The third kappa shape index (κ3) is 4.30. The van der Waals surface area contributed by atoms with Gasteiger partial charge in [-0.3, -0.25) is 0 Å². The minimum Gasteiger partial charge on any atom is -0.490 e. The molecule has 0 aliphatic carbocycles. The number of halogens is 2. The number of hydrogen-bond acceptors (Lipinski definition) is 8. The topological polar surface area (TPSA) is 104 Å². The van der Waals surface area contributed by atoms with E-state index in [1.54, 1.807) is 30.6 Å². The smallest absolute Gasteiger partial charge is 0.202 e. The van der Waals surface area contributed by atoms with Gasteiger partial charge in [0.15, 0.2) is 17.4 Å². The van der Waals surface area contributed by atoms with Crippen LogP contribution in [0, 0.1) is 18.6 Å². The van der Waals surface area contributed by atoms with Gasteiger partial charge in [-0.2, -0.15) is 9.07 Å². The van der Waals surface area contributed by atoms with Crippen LogP contribution >= 0.6 is 11.3 Å². The lowest BCUT2D eigenvalue weighted by Crippen LogP contribution is -2.12. The molecule has 4 aromatic rings. The van der Waals surface area contributed by atoms with Crippen molar-refractivity contribution in [3.05, 3.63) is 53.0 Å². The van der Waals surface area contributed by atoms with Gasteiger partial charge in [0.25, 0.3) is 0 Å². The number of anilines is 1. The van der Waals surface area contributed by atoms with Crippen LogP contribution in [0.15, 0.2) is 35.8 Å². The van der Waals surface area contributed by atoms with Crippen LogP contribution in [0.3, 0.4) is 0 Å². The molecule has 0 atom stereocenters. The third-order valence-corrected chi connectivity index (χ3v) is 5.82. The molecular weight excluding hydrogens is 436 g/mol. The second-order valence-corrected chi connectivity index (χ2v) is 7.99. The van der Waals surface area contributed by atoms with Gasteiger partial charge in [-0.25, -0.2) is 9.37 Å². The molecule has 0 aliphatic rings. The fourth-order valence-electron chi connectivity index (χ4n) is 3.12. The predicted molar refractivity (Wildman–Crippen MR) is 119 cm³/mol. The highest BCUT2D eigenvalue weighted by molar-refractivity contribution is 7.13. The van der Waals surface area contributed by atoms with Crippen molar-refractivity contribution in [3.8, 4) is 33.3 Å². The third-order valence-electron chi connectivity index (χ3n) is 4.73. The van der Waals surface area contributed by atoms with Crippen LogP contribution in [0.4, 0.5) is 14.6 Å². The Morgan fingerprint density at radius 3 is 2.81 bits per heavy atom. The summed E-state index contributed by atoms with van der Waals surface area (Å²) in [6.07, 6.45) is 2.31. The summed E-state index contributed by atoms with van der Waals surface area (Å²) >= 11 is 1.56. The number of nitrogens with one attached hydrogen (secondary N) is 1. The lowest BCUT2D eigenvalue weighted by Gasteiger charge is -2.12. The summed E-state index contributed by atoms with van der Waals surface area (Å²) in [6.45, 7) is 2.96. The number of tetrazole rings is 1. The minimum absolute atomic E-state index is 0.145. The first-order chi connectivity index (χ1) is 15.5. The standard InChI is InChI=1S/C21H21F2N7OS/c1-12-8-17(32-11-12)13-9-14(20(24)26-10-13)21-27-28-29-30(21)15-4-5-16(19(23)18(15)22)31-7-3-6-25-2/h4-5,8-11,25H,3,6-7H2,1-2H3,(H2,24,26). The van der Waals surface area contributed by atoms with E-state index in [-0.39, 0.29) is 29.7 Å². The van der Waals surface area contributed by atoms with Gasteiger partial charge in [-0.05, 0) is 72.6 Å². The zero-order valence-corrected chi connectivity index (χ0v) is 18.3. The molecule has 0 unspecified atom stereocenters. The molecule has 4 rings (SSSR count). The molecule has 0 aliphatic heterocycles. The maximum absolute atomic E-state index is 14.9. The number of thiophene rings is 1. The van der Waals surface area contributed by atoms with Gasteiger partial charge >= 0.3 is 0 Å². The number of nitrogens with two attached hydrogens (primary N) is 1. The second-order valence-electron chi connectivity index (χ2n) is 7.08. The first-order valence-corrected chi connectivity index (χ1v) is 10.7. The summed E-state index contributed by atoms with van der Waals surface area (Å²) in [5.74, 6) is -2.09. The second kappa shape index (κ2) is 9.37. The van der Waals surface area contributed by atoms with Gasteiger partial charge in [0.05, 0.1) is 12.2 Å². The SMILES string of the molecule is CNCCCOc1ccc(-n2nnnc2-c2cc(-c3cc(C)cs3)cnc2N)c(F)c1F. The number of ether oxygens (including phenoxy) is 1. The van der Waals surface area contributed by atoms with Crippen molar-refractivity contribution in [2.24, 2.45) is 0 Å². The van der Waals surface area contributed by atoms with Crippen molar-refractivity contribution < 1.29 is 13.5 Å². The zero-order chi connectivity index (χ0) is 22.7. The summed E-state index contributed by atoms with van der Waals surface area (Å²) < 4.78 is 36.0. The molecule has 0 saturated heterocycles. The number of aromatic nitrogens is 5. The van der Waals surface area contributed by atoms with Crippen LogP contribution in [0.5, 0.6) is 5.75 Å². The Morgan fingerprint density at radius 2 is 2.06 bits per heavy atom. The van der Waals surface area contributed by atoms with Crippen molar-refractivity contribution in [2.75, 3.05) is 25.9 Å². The quantitative estimate of drug-likeness (QED) is 0.390. The van der Waals surface area contributed by atoms with Gasteiger partial charge in [-0.15, -0.1) is 16.4 Å². The molecule has 0 fully saturated rings. The Labute approximate surface area is 187 Å². The van der Waals surface area contributed by atoms with E-state index < -0.39 is 11.6 Å². The Morgan fingerprint density at radius 1 is 1.22 bits per heavy atom. The Kier molecular flexibility index (Phi) is 6.37. The summed E-state index contributed by atoms with van der Waals surface area (Å²) in [7, 11) is 1.80. The van der Waals surface area contributed by atoms with Gasteiger partial charge in [-0.1, -0.05) is 0 Å². The molecule has 0 saturated carbocycles. The van der Waals surface area contributed by atoms with E-state index in [9.17, 15) is 8.78 Å². The number of pyridine rings is 1. The first-order valence-electron chi connectivity index (χ1n) is 9.85. The zero-order valence-electron chi connectivity index (χ0n) is 17.5. The van der Waals surface area contributed by atoms with Crippen molar-refractivity contribution in [2.45, 2.75) is 13.3 Å². The van der Waals surface area contributed by atoms with Crippen LogP contribution in [0.2, 0.25) is 0 Å². The molecule has 3 aromatic heterocycles. The highest BCUT2D eigenvalue weighted by atomic mass is 32.1. The highest BCUT2D eigenvalue weighted by Gasteiger charge is 2.22. The van der Waals surface area contributed by atoms with E-state index in [1.807, 2.05) is 18.4 Å². The Hall–Kier alpha value is -3.44. The average molecular weight is 458 g/mol. The number of rotatable bonds is 8. The van der Waals surface area contributed by atoms with E-state index in [4.69, 9.17) is 10.5 Å². The lowest BCUT2D eigenvalue weighted by atomic mass is 10.1. The molecule has 1 aromatic carbocycles. The molecule has 3 N–H and O–H groups in total. The maximum Gasteiger partial charge on any atom is 0.202 e. The normalized spacial score (nSPS) is 11.1.